The fourth-order valence-corrected chi connectivity index (χ4v) is 4.60. The molecule has 10 heteroatoms. The number of ether oxygens (including phenoxy) is 10. The summed E-state index contributed by atoms with van der Waals surface area (Å²) in [4.78, 5) is 0. The molecule has 2 aromatic rings. The molecule has 0 aliphatic carbocycles. The van der Waals surface area contributed by atoms with E-state index < -0.39 is 0 Å². The monoisotopic (exact) mass is 692 g/mol. The second kappa shape index (κ2) is 34.3. The lowest BCUT2D eigenvalue weighted by Crippen LogP contribution is -2.15. The van der Waals surface area contributed by atoms with Gasteiger partial charge in [-0.1, -0.05) is 81.5 Å². The first-order valence-corrected chi connectivity index (χ1v) is 18.3. The molecule has 0 bridgehead atoms. The summed E-state index contributed by atoms with van der Waals surface area (Å²) >= 11 is 0. The third-order valence-corrected chi connectivity index (χ3v) is 7.33. The zero-order chi connectivity index (χ0) is 34.6. The summed E-state index contributed by atoms with van der Waals surface area (Å²) in [5.41, 5.74) is 2.54. The summed E-state index contributed by atoms with van der Waals surface area (Å²) in [6, 6.07) is 18.5. The first-order chi connectivity index (χ1) is 24.4. The van der Waals surface area contributed by atoms with Crippen molar-refractivity contribution in [2.24, 2.45) is 0 Å². The van der Waals surface area contributed by atoms with E-state index in [0.29, 0.717) is 126 Å². The molecule has 2 aromatic carbocycles. The van der Waals surface area contributed by atoms with Crippen molar-refractivity contribution >= 4 is 0 Å². The molecule has 10 nitrogen and oxygen atoms in total. The summed E-state index contributed by atoms with van der Waals surface area (Å²) in [6.45, 7) is 12.4. The van der Waals surface area contributed by atoms with Crippen LogP contribution in [0, 0.1) is 0 Å². The SMILES string of the molecule is CCCCCCCCc1ccc(OCCOCCOCCOCCOCCOCCOCCOCCOCCOCc2ccccc2)cc1. The van der Waals surface area contributed by atoms with Gasteiger partial charge in [-0.2, -0.15) is 0 Å². The van der Waals surface area contributed by atoms with Crippen LogP contribution in [0.2, 0.25) is 0 Å². The zero-order valence-corrected chi connectivity index (χ0v) is 30.2. The van der Waals surface area contributed by atoms with Gasteiger partial charge in [0.2, 0.25) is 0 Å². The molecule has 49 heavy (non-hydrogen) atoms. The summed E-state index contributed by atoms with van der Waals surface area (Å²) in [5, 5.41) is 0. The van der Waals surface area contributed by atoms with Crippen molar-refractivity contribution < 1.29 is 47.4 Å². The average molecular weight is 693 g/mol. The van der Waals surface area contributed by atoms with Crippen molar-refractivity contribution in [3.63, 3.8) is 0 Å². The maximum Gasteiger partial charge on any atom is 0.119 e. The second-order valence-corrected chi connectivity index (χ2v) is 11.4. The molecule has 0 saturated carbocycles. The first-order valence-electron chi connectivity index (χ1n) is 18.3. The van der Waals surface area contributed by atoms with E-state index in [2.05, 4.69) is 31.2 Å². The molecule has 0 aromatic heterocycles. The van der Waals surface area contributed by atoms with Crippen LogP contribution in [0.3, 0.4) is 0 Å². The van der Waals surface area contributed by atoms with Crippen LogP contribution < -0.4 is 4.74 Å². The minimum atomic E-state index is 0.520. The standard InChI is InChI=1S/C39H64O10/c1-2-3-4-5-6-8-11-37-14-16-39(17-15-37)49-35-34-47-31-30-45-27-26-43-23-22-41-19-18-40-20-21-42-24-25-44-28-29-46-32-33-48-36-38-12-9-7-10-13-38/h7,9-10,12-17H,2-6,8,11,18-36H2,1H3. The maximum absolute atomic E-state index is 5.77. The highest BCUT2D eigenvalue weighted by molar-refractivity contribution is 5.27. The first kappa shape index (κ1) is 43.0. The Morgan fingerprint density at radius 2 is 0.735 bits per heavy atom. The molecule has 0 fully saturated rings. The van der Waals surface area contributed by atoms with Crippen LogP contribution in [-0.2, 0) is 55.7 Å². The maximum atomic E-state index is 5.77. The van der Waals surface area contributed by atoms with Gasteiger partial charge >= 0.3 is 0 Å². The van der Waals surface area contributed by atoms with Gasteiger partial charge in [0.05, 0.1) is 119 Å². The molecule has 0 amide bonds. The van der Waals surface area contributed by atoms with E-state index >= 15 is 0 Å². The summed E-state index contributed by atoms with van der Waals surface area (Å²) in [7, 11) is 0. The van der Waals surface area contributed by atoms with Crippen LogP contribution in [-0.4, -0.2) is 119 Å². The van der Waals surface area contributed by atoms with E-state index in [-0.39, 0.29) is 0 Å². The fraction of sp³-hybridized carbons (Fsp3) is 0.692. The van der Waals surface area contributed by atoms with Gasteiger partial charge in [0, 0.05) is 0 Å². The van der Waals surface area contributed by atoms with Crippen LogP contribution in [0.4, 0.5) is 0 Å². The van der Waals surface area contributed by atoms with Gasteiger partial charge in [0.25, 0.3) is 0 Å². The van der Waals surface area contributed by atoms with Gasteiger partial charge in [0.15, 0.2) is 0 Å². The Morgan fingerprint density at radius 1 is 0.347 bits per heavy atom. The van der Waals surface area contributed by atoms with E-state index in [4.69, 9.17) is 47.4 Å². The molecule has 0 unspecified atom stereocenters. The predicted molar refractivity (Wildman–Crippen MR) is 192 cm³/mol. The Hall–Kier alpha value is -2.12. The van der Waals surface area contributed by atoms with Crippen molar-refractivity contribution in [3.05, 3.63) is 65.7 Å². The Morgan fingerprint density at radius 3 is 1.18 bits per heavy atom. The lowest BCUT2D eigenvalue weighted by molar-refractivity contribution is -0.0257. The predicted octanol–water partition coefficient (Wildman–Crippen LogP) is 6.32. The highest BCUT2D eigenvalue weighted by Crippen LogP contribution is 2.15. The van der Waals surface area contributed by atoms with Gasteiger partial charge in [-0.3, -0.25) is 0 Å². The normalized spacial score (nSPS) is 11.4. The molecule has 280 valence electrons. The molecular formula is C39H64O10. The minimum Gasteiger partial charge on any atom is -0.491 e. The smallest absolute Gasteiger partial charge is 0.119 e. The van der Waals surface area contributed by atoms with E-state index in [1.807, 2.05) is 30.3 Å². The van der Waals surface area contributed by atoms with Crippen molar-refractivity contribution in [1.29, 1.82) is 0 Å². The summed E-state index contributed by atoms with van der Waals surface area (Å²) < 4.78 is 55.5. The van der Waals surface area contributed by atoms with E-state index in [1.54, 1.807) is 0 Å². The summed E-state index contributed by atoms with van der Waals surface area (Å²) in [6.07, 6.45) is 9.10. The van der Waals surface area contributed by atoms with Gasteiger partial charge in [-0.05, 0) is 36.1 Å². The van der Waals surface area contributed by atoms with Crippen LogP contribution in [0.15, 0.2) is 54.6 Å². The number of hydrogen-bond donors (Lipinski definition) is 0. The zero-order valence-electron chi connectivity index (χ0n) is 30.2. The fourth-order valence-electron chi connectivity index (χ4n) is 4.60. The van der Waals surface area contributed by atoms with Crippen LogP contribution in [0.5, 0.6) is 5.75 Å². The third-order valence-electron chi connectivity index (χ3n) is 7.33. The topological polar surface area (TPSA) is 92.3 Å². The van der Waals surface area contributed by atoms with Crippen LogP contribution in [0.25, 0.3) is 0 Å². The van der Waals surface area contributed by atoms with Gasteiger partial charge in [-0.15, -0.1) is 0 Å². The Kier molecular flexibility index (Phi) is 30.2. The van der Waals surface area contributed by atoms with Crippen molar-refractivity contribution in [2.75, 3.05) is 119 Å². The quantitative estimate of drug-likeness (QED) is 0.0750. The van der Waals surface area contributed by atoms with Gasteiger partial charge < -0.3 is 47.4 Å². The number of benzene rings is 2. The minimum absolute atomic E-state index is 0.520. The third kappa shape index (κ3) is 28.3. The van der Waals surface area contributed by atoms with Crippen LogP contribution in [0.1, 0.15) is 56.6 Å². The summed E-state index contributed by atoms with van der Waals surface area (Å²) in [5.74, 6) is 0.887. The van der Waals surface area contributed by atoms with Crippen molar-refractivity contribution in [3.8, 4) is 5.75 Å². The molecule has 0 saturated heterocycles. The average Bonchev–Trinajstić information content (AvgIpc) is 3.13. The van der Waals surface area contributed by atoms with Crippen molar-refractivity contribution in [2.45, 2.75) is 58.5 Å². The number of hydrogen-bond acceptors (Lipinski definition) is 10. The van der Waals surface area contributed by atoms with E-state index in [0.717, 1.165) is 17.7 Å². The molecule has 0 spiro atoms. The Bertz CT molecular complexity index is 931. The Labute approximate surface area is 295 Å². The lowest BCUT2D eigenvalue weighted by Gasteiger charge is -2.09. The molecule has 2 rings (SSSR count). The van der Waals surface area contributed by atoms with E-state index in [9.17, 15) is 0 Å². The molecule has 0 N–H and O–H groups in total. The molecule has 0 atom stereocenters. The number of aryl methyl sites for hydroxylation is 1. The second-order valence-electron chi connectivity index (χ2n) is 11.4. The van der Waals surface area contributed by atoms with E-state index in [1.165, 1.54) is 44.1 Å². The van der Waals surface area contributed by atoms with Crippen molar-refractivity contribution in [1.82, 2.24) is 0 Å². The molecule has 0 aliphatic rings. The largest absolute Gasteiger partial charge is 0.491 e. The molecule has 0 aliphatic heterocycles. The van der Waals surface area contributed by atoms with Gasteiger partial charge in [-0.25, -0.2) is 0 Å². The Balaban J connectivity index is 1.18. The number of unbranched alkanes of at least 4 members (excludes halogenated alkanes) is 5. The lowest BCUT2D eigenvalue weighted by atomic mass is 10.0. The van der Waals surface area contributed by atoms with Gasteiger partial charge in [0.1, 0.15) is 12.4 Å². The molecule has 0 radical (unpaired) electrons. The highest BCUT2D eigenvalue weighted by Gasteiger charge is 1.99. The highest BCUT2D eigenvalue weighted by atomic mass is 16.6. The van der Waals surface area contributed by atoms with Crippen LogP contribution >= 0.6 is 0 Å². The molecular weight excluding hydrogens is 628 g/mol. The molecule has 0 heterocycles. The number of rotatable bonds is 37.